The first-order chi connectivity index (χ1) is 9.32. The first kappa shape index (κ1) is 14.2. The van der Waals surface area contributed by atoms with Gasteiger partial charge < -0.3 is 9.73 Å². The van der Waals surface area contributed by atoms with Crippen LogP contribution in [0.4, 0.5) is 5.88 Å². The van der Waals surface area contributed by atoms with Gasteiger partial charge in [-0.1, -0.05) is 0 Å². The van der Waals surface area contributed by atoms with E-state index < -0.39 is 16.8 Å². The number of nitrogens with one attached hydrogen (secondary N) is 1. The van der Waals surface area contributed by atoms with Crippen LogP contribution in [-0.2, 0) is 4.79 Å². The Balaban J connectivity index is 2.50. The van der Waals surface area contributed by atoms with E-state index in [-0.39, 0.29) is 16.7 Å². The lowest BCUT2D eigenvalue weighted by molar-refractivity contribution is -0.402. The van der Waals surface area contributed by atoms with Crippen molar-refractivity contribution in [3.8, 4) is 0 Å². The molecule has 1 aromatic rings. The van der Waals surface area contributed by atoms with E-state index in [4.69, 9.17) is 22.5 Å². The molecule has 20 heavy (non-hydrogen) atoms. The molecule has 0 fully saturated rings. The van der Waals surface area contributed by atoms with Crippen LogP contribution in [0.3, 0.4) is 0 Å². The fourth-order valence-corrected chi connectivity index (χ4v) is 2.28. The molecule has 9 heteroatoms. The van der Waals surface area contributed by atoms with Crippen molar-refractivity contribution < 1.29 is 14.1 Å². The van der Waals surface area contributed by atoms with Gasteiger partial charge in [-0.05, 0) is 32.1 Å². The van der Waals surface area contributed by atoms with Crippen molar-refractivity contribution in [2.24, 2.45) is 5.84 Å². The highest BCUT2D eigenvalue weighted by Gasteiger charge is 2.33. The molecule has 3 N–H and O–H groups in total. The van der Waals surface area contributed by atoms with Gasteiger partial charge in [-0.2, -0.15) is 0 Å². The van der Waals surface area contributed by atoms with Crippen molar-refractivity contribution in [1.82, 2.24) is 10.3 Å². The van der Waals surface area contributed by atoms with Crippen LogP contribution >= 0.6 is 12.2 Å². The summed E-state index contributed by atoms with van der Waals surface area (Å²) in [5.74, 6) is 5.33. The fraction of sp³-hybridized carbons (Fsp3) is 0.273. The van der Waals surface area contributed by atoms with E-state index >= 15 is 0 Å². The van der Waals surface area contributed by atoms with Gasteiger partial charge in [-0.3, -0.25) is 19.9 Å². The van der Waals surface area contributed by atoms with Gasteiger partial charge in [0.15, 0.2) is 10.9 Å². The standard InChI is InChI=1S/C11H12N4O4S/c1-5-9(6(2)16)10(13-11(20)14(5)12)7-3-4-8(19-7)15(17)18/h3-4,10H,12H2,1-2H3,(H,13,20)/t10-/m1/s1. The van der Waals surface area contributed by atoms with Gasteiger partial charge in [0.25, 0.3) is 0 Å². The highest BCUT2D eigenvalue weighted by atomic mass is 32.1. The normalized spacial score (nSPS) is 19.1. The number of carbonyl (C=O) groups is 1. The largest absolute Gasteiger partial charge is 0.433 e. The topological polar surface area (TPSA) is 115 Å². The average Bonchev–Trinajstić information content (AvgIpc) is 2.84. The summed E-state index contributed by atoms with van der Waals surface area (Å²) in [4.78, 5) is 21.8. The zero-order valence-corrected chi connectivity index (χ0v) is 11.6. The number of thiocarbonyl (C=S) groups is 1. The lowest BCUT2D eigenvalue weighted by atomic mass is 9.97. The number of nitrogens with two attached hydrogens (primary N) is 1. The average molecular weight is 296 g/mol. The van der Waals surface area contributed by atoms with Crippen LogP contribution in [0.15, 0.2) is 27.8 Å². The number of hydrogen-bond donors (Lipinski definition) is 2. The van der Waals surface area contributed by atoms with E-state index in [0.717, 1.165) is 0 Å². The maximum Gasteiger partial charge on any atom is 0.433 e. The van der Waals surface area contributed by atoms with Gasteiger partial charge >= 0.3 is 5.88 Å². The molecule has 1 aliphatic rings. The quantitative estimate of drug-likeness (QED) is 0.369. The number of nitro groups is 1. The summed E-state index contributed by atoms with van der Waals surface area (Å²) in [5, 5.41) is 14.9. The molecule has 2 rings (SSSR count). The number of allylic oxidation sites excluding steroid dienone is 1. The molecule has 0 aromatic carbocycles. The van der Waals surface area contributed by atoms with E-state index in [2.05, 4.69) is 5.32 Å². The van der Waals surface area contributed by atoms with Crippen molar-refractivity contribution in [3.63, 3.8) is 0 Å². The summed E-state index contributed by atoms with van der Waals surface area (Å²) in [6.45, 7) is 3.03. The monoisotopic (exact) mass is 296 g/mol. The van der Waals surface area contributed by atoms with Crippen molar-refractivity contribution in [3.05, 3.63) is 39.3 Å². The second-order valence-electron chi connectivity index (χ2n) is 4.24. The SMILES string of the molecule is CC(=O)C1=C(C)N(N)C(=S)N[C@@H]1c1ccc([N+](=O)[O-])o1. The molecule has 106 valence electrons. The summed E-state index contributed by atoms with van der Waals surface area (Å²) in [5.41, 5.74) is 0.829. The van der Waals surface area contributed by atoms with Crippen LogP contribution < -0.4 is 11.2 Å². The highest BCUT2D eigenvalue weighted by Crippen LogP contribution is 2.32. The van der Waals surface area contributed by atoms with Gasteiger partial charge in [0.2, 0.25) is 0 Å². The molecule has 0 saturated heterocycles. The predicted molar refractivity (Wildman–Crippen MR) is 73.2 cm³/mol. The molecule has 1 aromatic heterocycles. The number of hydrazine groups is 1. The van der Waals surface area contributed by atoms with Gasteiger partial charge in [-0.15, -0.1) is 0 Å². The molecule has 0 radical (unpaired) electrons. The molecular weight excluding hydrogens is 284 g/mol. The van der Waals surface area contributed by atoms with E-state index in [1.165, 1.54) is 24.1 Å². The van der Waals surface area contributed by atoms with Crippen molar-refractivity contribution in [1.29, 1.82) is 0 Å². The minimum Gasteiger partial charge on any atom is -0.403 e. The Bertz CT molecular complexity index is 636. The summed E-state index contributed by atoms with van der Waals surface area (Å²) in [7, 11) is 0. The Morgan fingerprint density at radius 3 is 2.75 bits per heavy atom. The first-order valence-electron chi connectivity index (χ1n) is 5.64. The molecule has 0 amide bonds. The van der Waals surface area contributed by atoms with Crippen LogP contribution in [0.25, 0.3) is 0 Å². The molecule has 0 saturated carbocycles. The van der Waals surface area contributed by atoms with Crippen LogP contribution in [0.1, 0.15) is 25.6 Å². The third kappa shape index (κ3) is 2.28. The number of hydrogen-bond acceptors (Lipinski definition) is 6. The number of rotatable bonds is 3. The molecule has 1 atom stereocenters. The maximum absolute atomic E-state index is 11.8. The Morgan fingerprint density at radius 1 is 1.60 bits per heavy atom. The molecule has 0 aliphatic carbocycles. The van der Waals surface area contributed by atoms with Gasteiger partial charge in [0.05, 0.1) is 6.07 Å². The number of nitrogens with zero attached hydrogens (tertiary/aromatic N) is 2. The van der Waals surface area contributed by atoms with Crippen LogP contribution in [0.2, 0.25) is 0 Å². The van der Waals surface area contributed by atoms with Crippen molar-refractivity contribution in [2.45, 2.75) is 19.9 Å². The van der Waals surface area contributed by atoms with Gasteiger partial charge in [0, 0.05) is 11.3 Å². The zero-order chi connectivity index (χ0) is 15.0. The number of ketones is 1. The Labute approximate surface area is 119 Å². The Morgan fingerprint density at radius 2 is 2.25 bits per heavy atom. The maximum atomic E-state index is 11.8. The second kappa shape index (κ2) is 5.02. The molecule has 1 aliphatic heterocycles. The highest BCUT2D eigenvalue weighted by molar-refractivity contribution is 7.80. The van der Waals surface area contributed by atoms with Crippen molar-refractivity contribution >= 4 is 29.0 Å². The molecule has 0 spiro atoms. The van der Waals surface area contributed by atoms with Crippen LogP contribution in [-0.4, -0.2) is 20.8 Å². The van der Waals surface area contributed by atoms with Crippen LogP contribution in [0.5, 0.6) is 0 Å². The smallest absolute Gasteiger partial charge is 0.403 e. The molecular formula is C11H12N4O4S. The van der Waals surface area contributed by atoms with Gasteiger partial charge in [0.1, 0.15) is 16.7 Å². The molecule has 0 bridgehead atoms. The van der Waals surface area contributed by atoms with Crippen molar-refractivity contribution in [2.75, 3.05) is 0 Å². The third-order valence-corrected chi connectivity index (χ3v) is 3.30. The number of Topliss-reactive ketones (excluding diaryl/α,β-unsaturated/α-hetero) is 1. The van der Waals surface area contributed by atoms with E-state index in [0.29, 0.717) is 11.3 Å². The zero-order valence-electron chi connectivity index (χ0n) is 10.7. The van der Waals surface area contributed by atoms with E-state index in [9.17, 15) is 14.9 Å². The predicted octanol–water partition coefficient (Wildman–Crippen LogP) is 1.16. The lowest BCUT2D eigenvalue weighted by Gasteiger charge is -2.33. The summed E-state index contributed by atoms with van der Waals surface area (Å²) in [6.07, 6.45) is 0. The Hall–Kier alpha value is -2.26. The van der Waals surface area contributed by atoms with E-state index in [1.54, 1.807) is 6.92 Å². The summed E-state index contributed by atoms with van der Waals surface area (Å²) < 4.78 is 5.13. The number of carbonyl (C=O) groups excluding carboxylic acids is 1. The summed E-state index contributed by atoms with van der Waals surface area (Å²) >= 11 is 5.05. The minimum absolute atomic E-state index is 0.205. The molecule has 8 nitrogen and oxygen atoms in total. The number of furan rings is 1. The third-order valence-electron chi connectivity index (χ3n) is 2.98. The van der Waals surface area contributed by atoms with E-state index in [1.807, 2.05) is 0 Å². The first-order valence-corrected chi connectivity index (χ1v) is 6.05. The van der Waals surface area contributed by atoms with Crippen LogP contribution in [0, 0.1) is 10.1 Å². The Kier molecular flexibility index (Phi) is 3.55. The molecule has 2 heterocycles. The van der Waals surface area contributed by atoms with Gasteiger partial charge in [-0.25, -0.2) is 5.84 Å². The summed E-state index contributed by atoms with van der Waals surface area (Å²) in [6, 6.07) is 1.97. The lowest BCUT2D eigenvalue weighted by Crippen LogP contribution is -2.50. The fourth-order valence-electron chi connectivity index (χ4n) is 2.02. The molecule has 0 unspecified atom stereocenters. The minimum atomic E-state index is -0.687. The second-order valence-corrected chi connectivity index (χ2v) is 4.63.